The summed E-state index contributed by atoms with van der Waals surface area (Å²) in [4.78, 5) is 29.3. The summed E-state index contributed by atoms with van der Waals surface area (Å²) >= 11 is 0. The molecule has 0 atom stereocenters. The molecule has 0 saturated heterocycles. The van der Waals surface area contributed by atoms with E-state index in [0.717, 1.165) is 0 Å². The van der Waals surface area contributed by atoms with E-state index < -0.39 is 9.05 Å². The van der Waals surface area contributed by atoms with Crippen molar-refractivity contribution < 1.29 is 40.9 Å². The Kier molecular flexibility index (Phi) is 12.2. The summed E-state index contributed by atoms with van der Waals surface area (Å²) in [5.74, 6) is 0. The minimum atomic E-state index is -4.61. The summed E-state index contributed by atoms with van der Waals surface area (Å²) in [6.07, 6.45) is 0. The third-order valence-corrected chi connectivity index (χ3v) is 0. The van der Waals surface area contributed by atoms with E-state index in [1.807, 2.05) is 0 Å². The summed E-state index contributed by atoms with van der Waals surface area (Å²) in [6.45, 7) is 0. The standard InChI is InChI=1S/Al.H4O4Si.Ti.3H/c;1-5(2,3)4;;;;/h;1-4H;;;;. The summed E-state index contributed by atoms with van der Waals surface area (Å²) < 4.78 is 0. The molecule has 0 aliphatic carbocycles. The molecule has 0 aromatic carbocycles. The van der Waals surface area contributed by atoms with Crippen molar-refractivity contribution in [3.8, 4) is 0 Å². The van der Waals surface area contributed by atoms with Crippen LogP contribution in [0.4, 0.5) is 0 Å². The maximum atomic E-state index is 7.33. The van der Waals surface area contributed by atoms with E-state index in [2.05, 4.69) is 0 Å². The molecule has 7 heteroatoms. The van der Waals surface area contributed by atoms with Crippen LogP contribution in [-0.2, 0) is 21.7 Å². The number of hydrogen-bond acceptors (Lipinski definition) is 4. The summed E-state index contributed by atoms with van der Waals surface area (Å²) in [5.41, 5.74) is 0. The van der Waals surface area contributed by atoms with Crippen LogP contribution < -0.4 is 0 Å². The molecule has 0 rings (SSSR count). The van der Waals surface area contributed by atoms with Crippen LogP contribution in [0.3, 0.4) is 0 Å². The summed E-state index contributed by atoms with van der Waals surface area (Å²) in [5, 5.41) is 0. The minimum absolute atomic E-state index is 0. The first-order valence-corrected chi connectivity index (χ1v) is 2.68. The summed E-state index contributed by atoms with van der Waals surface area (Å²) in [7, 11) is -4.61. The molecular formula is H7AlO4SiTi. The van der Waals surface area contributed by atoms with E-state index in [-0.39, 0.29) is 39.1 Å². The smallest absolute Gasteiger partial charge is 0.368 e. The molecule has 0 spiro atoms. The van der Waals surface area contributed by atoms with Gasteiger partial charge in [-0.05, 0) is 0 Å². The van der Waals surface area contributed by atoms with Gasteiger partial charge in [-0.2, -0.15) is 0 Å². The monoisotopic (exact) mass is 174 g/mol. The molecule has 0 fully saturated rings. The Morgan fingerprint density at radius 2 is 0.857 bits per heavy atom. The van der Waals surface area contributed by atoms with E-state index in [4.69, 9.17) is 19.2 Å². The molecule has 7 heavy (non-hydrogen) atoms. The predicted octanol–water partition coefficient (Wildman–Crippen LogP) is -3.80. The van der Waals surface area contributed by atoms with E-state index in [9.17, 15) is 0 Å². The summed E-state index contributed by atoms with van der Waals surface area (Å²) in [6, 6.07) is 0. The van der Waals surface area contributed by atoms with Gasteiger partial charge in [-0.3, -0.25) is 0 Å². The fraction of sp³-hybridized carbons (Fsp3) is 0. The zero-order chi connectivity index (χ0) is 4.50. The molecule has 0 aromatic heterocycles. The molecule has 4 nitrogen and oxygen atoms in total. The Morgan fingerprint density at radius 1 is 0.857 bits per heavy atom. The maximum Gasteiger partial charge on any atom is 0.668 e. The van der Waals surface area contributed by atoms with Crippen LogP contribution in [0.15, 0.2) is 0 Å². The normalized spacial score (nSPS) is 8.57. The van der Waals surface area contributed by atoms with Gasteiger partial charge >= 0.3 is 9.05 Å². The Bertz CT molecular complexity index is 27.2. The molecule has 0 aromatic rings. The zero-order valence-corrected chi connectivity index (χ0v) is 5.35. The first-order chi connectivity index (χ1) is 2.00. The van der Waals surface area contributed by atoms with Gasteiger partial charge in [0, 0.05) is 21.7 Å². The quantitative estimate of drug-likeness (QED) is 0.284. The van der Waals surface area contributed by atoms with Crippen LogP contribution >= 0.6 is 0 Å². The maximum absolute atomic E-state index is 7.33. The average Bonchev–Trinajstić information content (AvgIpc) is 0.722. The Hall–Kier alpha value is 1.30. The minimum Gasteiger partial charge on any atom is -0.368 e. The molecule has 0 unspecified atom stereocenters. The van der Waals surface area contributed by atoms with E-state index >= 15 is 0 Å². The Labute approximate surface area is 67.3 Å². The van der Waals surface area contributed by atoms with Gasteiger partial charge < -0.3 is 19.2 Å². The molecule has 4 N–H and O–H groups in total. The van der Waals surface area contributed by atoms with Gasteiger partial charge in [-0.1, -0.05) is 0 Å². The largest absolute Gasteiger partial charge is 0.668 e. The van der Waals surface area contributed by atoms with Crippen LogP contribution in [0.2, 0.25) is 0 Å². The number of hydrogen-bond donors (Lipinski definition) is 4. The van der Waals surface area contributed by atoms with Crippen LogP contribution in [0, 0.1) is 0 Å². The van der Waals surface area contributed by atoms with Crippen molar-refractivity contribution in [2.75, 3.05) is 0 Å². The van der Waals surface area contributed by atoms with Gasteiger partial charge in [-0.25, -0.2) is 0 Å². The van der Waals surface area contributed by atoms with E-state index in [1.165, 1.54) is 0 Å². The van der Waals surface area contributed by atoms with Crippen LogP contribution in [0.25, 0.3) is 0 Å². The third kappa shape index (κ3) is 121. The molecule has 0 amide bonds. The van der Waals surface area contributed by atoms with Crippen molar-refractivity contribution in [1.29, 1.82) is 0 Å². The molecule has 0 radical (unpaired) electrons. The third-order valence-electron chi connectivity index (χ3n) is 0. The SMILES string of the molecule is O[Si](O)(O)O.[AlH3].[Ti]. The Balaban J connectivity index is -0.0000000800. The Morgan fingerprint density at radius 3 is 0.857 bits per heavy atom. The molecule has 42 valence electrons. The zero-order valence-electron chi connectivity index (χ0n) is 2.79. The second kappa shape index (κ2) is 5.44. The van der Waals surface area contributed by atoms with Crippen molar-refractivity contribution in [3.05, 3.63) is 0 Å². The molecule has 0 saturated carbocycles. The average molecular weight is 174 g/mol. The second-order valence-electron chi connectivity index (χ2n) is 0.600. The van der Waals surface area contributed by atoms with Gasteiger partial charge in [0.1, 0.15) is 0 Å². The van der Waals surface area contributed by atoms with Crippen molar-refractivity contribution in [1.82, 2.24) is 0 Å². The van der Waals surface area contributed by atoms with Crippen LogP contribution in [0.5, 0.6) is 0 Å². The molecule has 0 bridgehead atoms. The predicted molar refractivity (Wildman–Crippen MR) is 24.6 cm³/mol. The molecule has 0 heterocycles. The molecule has 0 aliphatic heterocycles. The van der Waals surface area contributed by atoms with E-state index in [0.29, 0.717) is 0 Å². The fourth-order valence-electron chi connectivity index (χ4n) is 0. The van der Waals surface area contributed by atoms with Crippen molar-refractivity contribution in [2.24, 2.45) is 0 Å². The fourth-order valence-corrected chi connectivity index (χ4v) is 0. The van der Waals surface area contributed by atoms with Gasteiger partial charge in [0.15, 0.2) is 17.4 Å². The molecular weight excluding hydrogens is 167 g/mol. The molecule has 0 aliphatic rings. The first kappa shape index (κ1) is 15.7. The van der Waals surface area contributed by atoms with Gasteiger partial charge in [0.2, 0.25) is 0 Å². The topological polar surface area (TPSA) is 80.9 Å². The van der Waals surface area contributed by atoms with Gasteiger partial charge in [-0.15, -0.1) is 0 Å². The second-order valence-corrected chi connectivity index (χ2v) is 1.80. The van der Waals surface area contributed by atoms with Crippen LogP contribution in [0.1, 0.15) is 0 Å². The number of rotatable bonds is 0. The van der Waals surface area contributed by atoms with Gasteiger partial charge in [0.25, 0.3) is 0 Å². The van der Waals surface area contributed by atoms with Crippen LogP contribution in [-0.4, -0.2) is 45.6 Å². The van der Waals surface area contributed by atoms with Crippen molar-refractivity contribution in [2.45, 2.75) is 0 Å². The van der Waals surface area contributed by atoms with Crippen molar-refractivity contribution >= 4 is 26.4 Å². The van der Waals surface area contributed by atoms with Gasteiger partial charge in [0.05, 0.1) is 0 Å². The van der Waals surface area contributed by atoms with Crippen molar-refractivity contribution in [3.63, 3.8) is 0 Å². The first-order valence-electron chi connectivity index (χ1n) is 0.894. The van der Waals surface area contributed by atoms with E-state index in [1.54, 1.807) is 0 Å².